The molecule has 0 aliphatic carbocycles. The molecule has 0 radical (unpaired) electrons. The zero-order valence-electron chi connectivity index (χ0n) is 15.2. The maximum atomic E-state index is 12.6. The average Bonchev–Trinajstić information content (AvgIpc) is 3.32. The molecule has 1 amide bonds. The Kier molecular flexibility index (Phi) is 4.67. The first kappa shape index (κ1) is 17.6. The van der Waals surface area contributed by atoms with Crippen LogP contribution in [0.5, 0.6) is 5.75 Å². The molecular weight excluding hydrogens is 360 g/mol. The van der Waals surface area contributed by atoms with Crippen molar-refractivity contribution in [2.45, 2.75) is 6.42 Å². The molecule has 142 valence electrons. The summed E-state index contributed by atoms with van der Waals surface area (Å²) in [6.45, 7) is 0.383. The second kappa shape index (κ2) is 7.43. The number of aromatic nitrogens is 3. The van der Waals surface area contributed by atoms with Crippen molar-refractivity contribution < 1.29 is 18.7 Å². The highest BCUT2D eigenvalue weighted by Gasteiger charge is 2.30. The van der Waals surface area contributed by atoms with E-state index < -0.39 is 11.5 Å². The van der Waals surface area contributed by atoms with E-state index in [4.69, 9.17) is 9.26 Å². The summed E-state index contributed by atoms with van der Waals surface area (Å²) in [5.74, 6) is 0.158. The number of carbonyl (C=O) groups excluding carboxylic acids is 1. The summed E-state index contributed by atoms with van der Waals surface area (Å²) in [5, 5.41) is 6.36. The van der Waals surface area contributed by atoms with Gasteiger partial charge in [-0.25, -0.2) is 4.79 Å². The van der Waals surface area contributed by atoms with E-state index in [0.717, 1.165) is 16.5 Å². The fourth-order valence-corrected chi connectivity index (χ4v) is 3.11. The lowest BCUT2D eigenvalue weighted by Crippen LogP contribution is -2.45. The maximum Gasteiger partial charge on any atom is 0.441 e. The highest BCUT2D eigenvalue weighted by Crippen LogP contribution is 2.17. The fourth-order valence-electron chi connectivity index (χ4n) is 3.11. The van der Waals surface area contributed by atoms with Crippen molar-refractivity contribution >= 4 is 16.8 Å². The van der Waals surface area contributed by atoms with Gasteiger partial charge in [0, 0.05) is 35.8 Å². The number of ether oxygens (including phenoxy) is 1. The fraction of sp³-hybridized carbons (Fsp3) is 0.150. The van der Waals surface area contributed by atoms with Gasteiger partial charge in [0.05, 0.1) is 7.11 Å². The number of carbonyl (C=O) groups is 1. The summed E-state index contributed by atoms with van der Waals surface area (Å²) < 4.78 is 11.3. The molecule has 8 heteroatoms. The van der Waals surface area contributed by atoms with Crippen molar-refractivity contribution in [3.63, 3.8) is 0 Å². The van der Waals surface area contributed by atoms with E-state index in [1.165, 1.54) is 4.68 Å². The molecule has 0 spiro atoms. The number of hydrogen-bond donors (Lipinski definition) is 3. The van der Waals surface area contributed by atoms with E-state index in [-0.39, 0.29) is 5.69 Å². The van der Waals surface area contributed by atoms with Gasteiger partial charge in [-0.05, 0) is 40.1 Å². The van der Waals surface area contributed by atoms with E-state index in [9.17, 15) is 9.59 Å². The Bertz CT molecular complexity index is 1170. The number of methoxy groups -OCH3 is 1. The molecule has 28 heavy (non-hydrogen) atoms. The van der Waals surface area contributed by atoms with Crippen molar-refractivity contribution in [3.8, 4) is 11.4 Å². The first-order valence-electron chi connectivity index (χ1n) is 8.78. The lowest BCUT2D eigenvalue weighted by atomic mass is 10.1. The van der Waals surface area contributed by atoms with Gasteiger partial charge in [-0.3, -0.25) is 9.32 Å². The zero-order valence-corrected chi connectivity index (χ0v) is 15.2. The van der Waals surface area contributed by atoms with Crippen LogP contribution in [-0.2, 0) is 6.42 Å². The first-order chi connectivity index (χ1) is 13.7. The quantitative estimate of drug-likeness (QED) is 0.444. The first-order valence-corrected chi connectivity index (χ1v) is 8.78. The van der Waals surface area contributed by atoms with Crippen molar-refractivity contribution in [2.24, 2.45) is 0 Å². The van der Waals surface area contributed by atoms with E-state index >= 15 is 0 Å². The van der Waals surface area contributed by atoms with Crippen LogP contribution in [0.15, 0.2) is 64.0 Å². The minimum atomic E-state index is -0.736. The molecule has 8 nitrogen and oxygen atoms in total. The Morgan fingerprint density at radius 3 is 2.75 bits per heavy atom. The molecule has 0 fully saturated rings. The summed E-state index contributed by atoms with van der Waals surface area (Å²) in [7, 11) is 1.56. The Balaban J connectivity index is 1.49. The van der Waals surface area contributed by atoms with Gasteiger partial charge >= 0.3 is 17.2 Å². The normalized spacial score (nSPS) is 10.9. The minimum absolute atomic E-state index is 0.121. The minimum Gasteiger partial charge on any atom is -0.497 e. The van der Waals surface area contributed by atoms with Crippen molar-refractivity contribution in [2.75, 3.05) is 13.7 Å². The van der Waals surface area contributed by atoms with Gasteiger partial charge in [-0.2, -0.15) is 0 Å². The number of aromatic amines is 2. The molecule has 4 aromatic rings. The Morgan fingerprint density at radius 2 is 1.96 bits per heavy atom. The lowest BCUT2D eigenvalue weighted by Gasteiger charge is -2.02. The molecule has 0 saturated heterocycles. The predicted molar refractivity (Wildman–Crippen MR) is 102 cm³/mol. The van der Waals surface area contributed by atoms with Crippen LogP contribution in [0.3, 0.4) is 0 Å². The molecule has 0 bridgehead atoms. The summed E-state index contributed by atoms with van der Waals surface area (Å²) in [6.07, 6.45) is 2.56. The zero-order chi connectivity index (χ0) is 19.5. The summed E-state index contributed by atoms with van der Waals surface area (Å²) in [5.41, 5.74) is 1.87. The average molecular weight is 379 g/mol. The van der Waals surface area contributed by atoms with E-state index in [2.05, 4.69) is 15.6 Å². The summed E-state index contributed by atoms with van der Waals surface area (Å²) in [6, 6.07) is 14.9. The van der Waals surface area contributed by atoms with Crippen LogP contribution >= 0.6 is 0 Å². The largest absolute Gasteiger partial charge is 0.497 e. The Labute approximate surface area is 159 Å². The van der Waals surface area contributed by atoms with Crippen LogP contribution in [0.2, 0.25) is 0 Å². The Hall–Kier alpha value is -3.81. The van der Waals surface area contributed by atoms with Crippen LogP contribution in [0, 0.1) is 0 Å². The standard InChI is InChI=1S/C20H18N4O4/c1-27-15-8-6-14(7-9-15)24-18(20(26)28-23-24)19(25)21-11-10-13-12-22-17-5-3-2-4-16(13)17/h2-9,12,22H,10-11H2,1H3,(H-,21,23,25,26)/p+1. The van der Waals surface area contributed by atoms with Crippen LogP contribution in [0.4, 0.5) is 0 Å². The highest BCUT2D eigenvalue weighted by atomic mass is 16.5. The number of nitrogens with zero attached hydrogens (tertiary/aromatic N) is 1. The molecule has 0 aliphatic rings. The molecule has 2 aromatic heterocycles. The van der Waals surface area contributed by atoms with Crippen LogP contribution in [-0.4, -0.2) is 29.8 Å². The van der Waals surface area contributed by atoms with Gasteiger partial charge < -0.3 is 15.0 Å². The number of para-hydroxylation sites is 1. The van der Waals surface area contributed by atoms with Crippen molar-refractivity contribution in [1.29, 1.82) is 0 Å². The van der Waals surface area contributed by atoms with Gasteiger partial charge in [0.2, 0.25) is 5.69 Å². The van der Waals surface area contributed by atoms with Crippen LogP contribution in [0.1, 0.15) is 16.1 Å². The number of fused-ring (bicyclic) bond motifs is 1. The van der Waals surface area contributed by atoms with Crippen LogP contribution < -0.4 is 20.4 Å². The van der Waals surface area contributed by atoms with Crippen LogP contribution in [0.25, 0.3) is 16.6 Å². The number of rotatable bonds is 6. The molecule has 2 heterocycles. The number of benzene rings is 2. The summed E-state index contributed by atoms with van der Waals surface area (Å²) >= 11 is 0. The second-order valence-electron chi connectivity index (χ2n) is 6.23. The molecule has 2 aromatic carbocycles. The molecule has 0 saturated carbocycles. The molecule has 0 aliphatic heterocycles. The highest BCUT2D eigenvalue weighted by molar-refractivity contribution is 5.90. The smallest absolute Gasteiger partial charge is 0.441 e. The maximum absolute atomic E-state index is 12.6. The SMILES string of the molecule is COc1ccc(-[n+]2[nH]oc(=O)c2C(=O)NCCc2c[nH]c3ccccc23)cc1. The second-order valence-corrected chi connectivity index (χ2v) is 6.23. The third kappa shape index (κ3) is 3.27. The number of amides is 1. The molecular formula is C20H19N4O4+. The molecule has 0 unspecified atom stereocenters. The van der Waals surface area contributed by atoms with Gasteiger partial charge in [0.25, 0.3) is 0 Å². The monoisotopic (exact) mass is 379 g/mol. The molecule has 4 rings (SSSR count). The summed E-state index contributed by atoms with van der Waals surface area (Å²) in [4.78, 5) is 27.8. The molecule has 3 N–H and O–H groups in total. The van der Waals surface area contributed by atoms with Crippen molar-refractivity contribution in [3.05, 3.63) is 76.4 Å². The van der Waals surface area contributed by atoms with E-state index in [1.807, 2.05) is 30.5 Å². The van der Waals surface area contributed by atoms with Gasteiger partial charge in [-0.1, -0.05) is 18.2 Å². The predicted octanol–water partition coefficient (Wildman–Crippen LogP) is 1.71. The topological polar surface area (TPSA) is 104 Å². The van der Waals surface area contributed by atoms with Gasteiger partial charge in [-0.15, -0.1) is 0 Å². The molecule has 0 atom stereocenters. The van der Waals surface area contributed by atoms with Gasteiger partial charge in [0.15, 0.2) is 0 Å². The van der Waals surface area contributed by atoms with Gasteiger partial charge in [0.1, 0.15) is 5.75 Å². The third-order valence-electron chi connectivity index (χ3n) is 4.55. The Morgan fingerprint density at radius 1 is 1.18 bits per heavy atom. The number of nitrogens with one attached hydrogen (secondary N) is 3. The van der Waals surface area contributed by atoms with E-state index in [1.54, 1.807) is 31.4 Å². The third-order valence-corrected chi connectivity index (χ3v) is 4.55. The lowest BCUT2D eigenvalue weighted by molar-refractivity contribution is -0.672. The van der Waals surface area contributed by atoms with E-state index in [0.29, 0.717) is 24.4 Å². The van der Waals surface area contributed by atoms with Crippen molar-refractivity contribution in [1.82, 2.24) is 15.6 Å². The number of H-pyrrole nitrogens is 2. The number of hydrogen-bond acceptors (Lipinski definition) is 4.